The minimum Gasteiger partial charge on any atom is -0.315 e. The molecule has 1 aliphatic heterocycles. The Bertz CT molecular complexity index is 486. The number of para-hydroxylation sites is 1. The van der Waals surface area contributed by atoms with Gasteiger partial charge < -0.3 is 5.32 Å². The van der Waals surface area contributed by atoms with Gasteiger partial charge in [0.1, 0.15) is 0 Å². The van der Waals surface area contributed by atoms with Gasteiger partial charge in [0.05, 0.1) is 0 Å². The van der Waals surface area contributed by atoms with Crippen molar-refractivity contribution in [3.63, 3.8) is 0 Å². The summed E-state index contributed by atoms with van der Waals surface area (Å²) in [6.45, 7) is 7.09. The SMILES string of the molecule is CC(C)(C)/C=C/NC(=O)N1CCCc2ccccc21. The van der Waals surface area contributed by atoms with Crippen molar-refractivity contribution in [3.05, 3.63) is 42.1 Å². The monoisotopic (exact) mass is 258 g/mol. The number of urea groups is 1. The molecule has 102 valence electrons. The van der Waals surface area contributed by atoms with Crippen molar-refractivity contribution in [2.75, 3.05) is 11.4 Å². The van der Waals surface area contributed by atoms with Gasteiger partial charge in [0.25, 0.3) is 0 Å². The molecule has 19 heavy (non-hydrogen) atoms. The summed E-state index contributed by atoms with van der Waals surface area (Å²) in [7, 11) is 0. The van der Waals surface area contributed by atoms with Crippen LogP contribution in [0.4, 0.5) is 10.5 Å². The predicted octanol–water partition coefficient (Wildman–Crippen LogP) is 3.71. The highest BCUT2D eigenvalue weighted by Crippen LogP contribution is 2.26. The highest BCUT2D eigenvalue weighted by Gasteiger charge is 2.21. The number of benzene rings is 1. The molecular weight excluding hydrogens is 236 g/mol. The van der Waals surface area contributed by atoms with Crippen molar-refractivity contribution in [1.82, 2.24) is 5.32 Å². The van der Waals surface area contributed by atoms with E-state index in [1.165, 1.54) is 5.56 Å². The summed E-state index contributed by atoms with van der Waals surface area (Å²) in [5.74, 6) is 0. The first-order valence-electron chi connectivity index (χ1n) is 6.81. The molecule has 1 heterocycles. The Morgan fingerprint density at radius 1 is 1.32 bits per heavy atom. The molecule has 1 aromatic rings. The second-order valence-electron chi connectivity index (χ2n) is 6.03. The average Bonchev–Trinajstić information content (AvgIpc) is 2.36. The zero-order valence-corrected chi connectivity index (χ0v) is 11.9. The lowest BCUT2D eigenvalue weighted by Gasteiger charge is -2.29. The molecule has 0 saturated carbocycles. The number of fused-ring (bicyclic) bond motifs is 1. The lowest BCUT2D eigenvalue weighted by atomic mass is 9.97. The van der Waals surface area contributed by atoms with Gasteiger partial charge in [-0.25, -0.2) is 4.79 Å². The third kappa shape index (κ3) is 3.60. The zero-order chi connectivity index (χ0) is 13.9. The summed E-state index contributed by atoms with van der Waals surface area (Å²) >= 11 is 0. The molecule has 0 radical (unpaired) electrons. The Kier molecular flexibility index (Phi) is 3.93. The molecule has 3 heteroatoms. The number of allylic oxidation sites excluding steroid dienone is 1. The van der Waals surface area contributed by atoms with E-state index in [0.29, 0.717) is 0 Å². The van der Waals surface area contributed by atoms with Crippen molar-refractivity contribution < 1.29 is 4.79 Å². The van der Waals surface area contributed by atoms with Crippen LogP contribution < -0.4 is 10.2 Å². The first-order chi connectivity index (χ1) is 8.97. The maximum absolute atomic E-state index is 12.2. The van der Waals surface area contributed by atoms with Gasteiger partial charge in [-0.3, -0.25) is 4.90 Å². The minimum atomic E-state index is -0.0485. The van der Waals surface area contributed by atoms with E-state index >= 15 is 0 Å². The summed E-state index contributed by atoms with van der Waals surface area (Å²) in [4.78, 5) is 14.0. The summed E-state index contributed by atoms with van der Waals surface area (Å²) < 4.78 is 0. The maximum Gasteiger partial charge on any atom is 0.325 e. The first kappa shape index (κ1) is 13.7. The van der Waals surface area contributed by atoms with E-state index in [2.05, 4.69) is 32.2 Å². The molecule has 0 aliphatic carbocycles. The molecule has 3 nitrogen and oxygen atoms in total. The number of anilines is 1. The second-order valence-corrected chi connectivity index (χ2v) is 6.03. The fourth-order valence-electron chi connectivity index (χ4n) is 2.19. The lowest BCUT2D eigenvalue weighted by Crippen LogP contribution is -2.40. The summed E-state index contributed by atoms with van der Waals surface area (Å²) in [6, 6.07) is 8.07. The van der Waals surface area contributed by atoms with E-state index in [0.717, 1.165) is 25.1 Å². The normalized spacial score (nSPS) is 15.4. The maximum atomic E-state index is 12.2. The molecular formula is C16H22N2O. The Morgan fingerprint density at radius 2 is 2.05 bits per heavy atom. The lowest BCUT2D eigenvalue weighted by molar-refractivity contribution is 0.249. The van der Waals surface area contributed by atoms with E-state index < -0.39 is 0 Å². The topological polar surface area (TPSA) is 32.3 Å². The highest BCUT2D eigenvalue weighted by atomic mass is 16.2. The van der Waals surface area contributed by atoms with E-state index in [-0.39, 0.29) is 11.4 Å². The van der Waals surface area contributed by atoms with Gasteiger partial charge in [-0.1, -0.05) is 45.0 Å². The van der Waals surface area contributed by atoms with E-state index in [1.807, 2.05) is 29.2 Å². The molecule has 0 bridgehead atoms. The number of rotatable bonds is 1. The number of hydrogen-bond acceptors (Lipinski definition) is 1. The summed E-state index contributed by atoms with van der Waals surface area (Å²) in [5.41, 5.74) is 2.37. The number of nitrogens with one attached hydrogen (secondary N) is 1. The van der Waals surface area contributed by atoms with Crippen LogP contribution in [0.3, 0.4) is 0 Å². The number of aryl methyl sites for hydroxylation is 1. The summed E-state index contributed by atoms with van der Waals surface area (Å²) in [5, 5.41) is 2.86. The second kappa shape index (κ2) is 5.47. The third-order valence-corrected chi connectivity index (χ3v) is 3.15. The molecule has 0 spiro atoms. The highest BCUT2D eigenvalue weighted by molar-refractivity contribution is 5.93. The van der Waals surface area contributed by atoms with Gasteiger partial charge in [-0.2, -0.15) is 0 Å². The Morgan fingerprint density at radius 3 is 2.79 bits per heavy atom. The molecule has 0 unspecified atom stereocenters. The molecule has 0 fully saturated rings. The van der Waals surface area contributed by atoms with Crippen LogP contribution in [-0.4, -0.2) is 12.6 Å². The zero-order valence-electron chi connectivity index (χ0n) is 11.9. The van der Waals surface area contributed by atoms with Crippen LogP contribution in [0.15, 0.2) is 36.5 Å². The van der Waals surface area contributed by atoms with Gasteiger partial charge >= 0.3 is 6.03 Å². The molecule has 2 rings (SSSR count). The number of carbonyl (C=O) groups is 1. The van der Waals surface area contributed by atoms with Crippen LogP contribution in [0.5, 0.6) is 0 Å². The van der Waals surface area contributed by atoms with Gasteiger partial charge in [0.2, 0.25) is 0 Å². The van der Waals surface area contributed by atoms with Crippen molar-refractivity contribution >= 4 is 11.7 Å². The molecule has 1 N–H and O–H groups in total. The van der Waals surface area contributed by atoms with Crippen molar-refractivity contribution in [2.24, 2.45) is 5.41 Å². The van der Waals surface area contributed by atoms with Crippen molar-refractivity contribution in [3.8, 4) is 0 Å². The van der Waals surface area contributed by atoms with Crippen LogP contribution in [-0.2, 0) is 6.42 Å². The molecule has 1 aromatic carbocycles. The van der Waals surface area contributed by atoms with E-state index in [4.69, 9.17) is 0 Å². The summed E-state index contributed by atoms with van der Waals surface area (Å²) in [6.07, 6.45) is 5.82. The standard InChI is InChI=1S/C16H22N2O/c1-16(2,3)10-11-17-15(19)18-12-6-8-13-7-4-5-9-14(13)18/h4-5,7,9-11H,6,8,12H2,1-3H3,(H,17,19)/b11-10+. The van der Waals surface area contributed by atoms with Gasteiger partial charge in [-0.05, 0) is 29.9 Å². The smallest absolute Gasteiger partial charge is 0.315 e. The molecule has 1 aliphatic rings. The quantitative estimate of drug-likeness (QED) is 0.818. The minimum absolute atomic E-state index is 0.0485. The largest absolute Gasteiger partial charge is 0.325 e. The van der Waals surface area contributed by atoms with Crippen LogP contribution in [0, 0.1) is 5.41 Å². The number of amides is 2. The van der Waals surface area contributed by atoms with Crippen molar-refractivity contribution in [1.29, 1.82) is 0 Å². The molecule has 0 aromatic heterocycles. The molecule has 2 amide bonds. The van der Waals surface area contributed by atoms with Crippen LogP contribution in [0.1, 0.15) is 32.8 Å². The van der Waals surface area contributed by atoms with Gasteiger partial charge in [0.15, 0.2) is 0 Å². The third-order valence-electron chi connectivity index (χ3n) is 3.15. The number of nitrogens with zero attached hydrogens (tertiary/aromatic N) is 1. The first-order valence-corrected chi connectivity index (χ1v) is 6.81. The van der Waals surface area contributed by atoms with Gasteiger partial charge in [-0.15, -0.1) is 0 Å². The average molecular weight is 258 g/mol. The van der Waals surface area contributed by atoms with Crippen molar-refractivity contribution in [2.45, 2.75) is 33.6 Å². The Hall–Kier alpha value is -1.77. The molecule has 0 atom stereocenters. The van der Waals surface area contributed by atoms with Crippen LogP contribution >= 0.6 is 0 Å². The van der Waals surface area contributed by atoms with E-state index in [1.54, 1.807) is 6.20 Å². The number of carbonyl (C=O) groups excluding carboxylic acids is 1. The van der Waals surface area contributed by atoms with Crippen LogP contribution in [0.2, 0.25) is 0 Å². The predicted molar refractivity (Wildman–Crippen MR) is 79.2 cm³/mol. The van der Waals surface area contributed by atoms with E-state index in [9.17, 15) is 4.79 Å². The van der Waals surface area contributed by atoms with Gasteiger partial charge in [0, 0.05) is 18.4 Å². The number of hydrogen-bond donors (Lipinski definition) is 1. The molecule has 0 saturated heterocycles. The Balaban J connectivity index is 2.07. The van der Waals surface area contributed by atoms with Crippen LogP contribution in [0.25, 0.3) is 0 Å². The Labute approximate surface area is 115 Å². The fraction of sp³-hybridized carbons (Fsp3) is 0.438. The fourth-order valence-corrected chi connectivity index (χ4v) is 2.19.